The third-order valence-electron chi connectivity index (χ3n) is 2.50. The van der Waals surface area contributed by atoms with Crippen LogP contribution >= 0.6 is 0 Å². The molecule has 2 aromatic carbocycles. The SMILES string of the molecule is CCc1ccccc1.CCc1ccccc1.[Ni]. The van der Waals surface area contributed by atoms with Crippen molar-refractivity contribution in [2.45, 2.75) is 26.7 Å². The topological polar surface area (TPSA) is 0 Å². The Morgan fingerprint density at radius 1 is 0.588 bits per heavy atom. The summed E-state index contributed by atoms with van der Waals surface area (Å²) in [7, 11) is 0. The molecule has 0 nitrogen and oxygen atoms in total. The normalized spacial score (nSPS) is 8.59. The van der Waals surface area contributed by atoms with Gasteiger partial charge in [-0.15, -0.1) is 0 Å². The van der Waals surface area contributed by atoms with Crippen molar-refractivity contribution in [3.8, 4) is 0 Å². The van der Waals surface area contributed by atoms with Crippen molar-refractivity contribution in [2.75, 3.05) is 0 Å². The molecule has 0 atom stereocenters. The van der Waals surface area contributed by atoms with Crippen LogP contribution in [0.4, 0.5) is 0 Å². The molecule has 17 heavy (non-hydrogen) atoms. The molecule has 0 saturated carbocycles. The summed E-state index contributed by atoms with van der Waals surface area (Å²) in [5.74, 6) is 0. The zero-order chi connectivity index (χ0) is 11.6. The largest absolute Gasteiger partial charge is 0.0622 e. The molecule has 0 saturated heterocycles. The Bertz CT molecular complexity index is 328. The van der Waals surface area contributed by atoms with Crippen molar-refractivity contribution in [3.63, 3.8) is 0 Å². The predicted octanol–water partition coefficient (Wildman–Crippen LogP) is 4.50. The minimum Gasteiger partial charge on any atom is -0.0622 e. The van der Waals surface area contributed by atoms with E-state index in [2.05, 4.69) is 62.4 Å². The maximum absolute atomic E-state index is 2.16. The smallest absolute Gasteiger partial charge is 0 e. The van der Waals surface area contributed by atoms with E-state index < -0.39 is 0 Å². The third kappa shape index (κ3) is 6.97. The van der Waals surface area contributed by atoms with Crippen LogP contribution in [0, 0.1) is 0 Å². The second-order valence-corrected chi connectivity index (χ2v) is 3.68. The quantitative estimate of drug-likeness (QED) is 0.705. The van der Waals surface area contributed by atoms with Crippen LogP contribution in [0.5, 0.6) is 0 Å². The first-order valence-electron chi connectivity index (χ1n) is 5.94. The molecule has 0 aromatic heterocycles. The summed E-state index contributed by atoms with van der Waals surface area (Å²) < 4.78 is 0. The Balaban J connectivity index is 0.000000284. The number of aryl methyl sites for hydroxylation is 2. The van der Waals surface area contributed by atoms with Crippen molar-refractivity contribution in [3.05, 3.63) is 71.8 Å². The minimum absolute atomic E-state index is 0. The zero-order valence-electron chi connectivity index (χ0n) is 10.5. The molecular weight excluding hydrogens is 251 g/mol. The van der Waals surface area contributed by atoms with E-state index in [0.29, 0.717) is 0 Å². The minimum atomic E-state index is 0. The maximum atomic E-state index is 2.16. The molecule has 0 spiro atoms. The molecule has 0 aliphatic rings. The van der Waals surface area contributed by atoms with Gasteiger partial charge in [0, 0.05) is 16.5 Å². The molecule has 94 valence electrons. The fourth-order valence-corrected chi connectivity index (χ4v) is 1.43. The fourth-order valence-electron chi connectivity index (χ4n) is 1.43. The Labute approximate surface area is 115 Å². The molecule has 2 rings (SSSR count). The number of rotatable bonds is 2. The van der Waals surface area contributed by atoms with Crippen molar-refractivity contribution in [2.24, 2.45) is 0 Å². The van der Waals surface area contributed by atoms with Crippen LogP contribution in [-0.4, -0.2) is 0 Å². The average Bonchev–Trinajstić information content (AvgIpc) is 2.41. The summed E-state index contributed by atoms with van der Waals surface area (Å²) >= 11 is 0. The van der Waals surface area contributed by atoms with Gasteiger partial charge < -0.3 is 0 Å². The molecule has 0 N–H and O–H groups in total. The molecule has 1 heteroatoms. The van der Waals surface area contributed by atoms with Gasteiger partial charge in [-0.3, -0.25) is 0 Å². The van der Waals surface area contributed by atoms with Crippen molar-refractivity contribution in [1.82, 2.24) is 0 Å². The average molecular weight is 271 g/mol. The van der Waals surface area contributed by atoms with Crippen molar-refractivity contribution in [1.29, 1.82) is 0 Å². The monoisotopic (exact) mass is 270 g/mol. The molecule has 0 aliphatic carbocycles. The van der Waals surface area contributed by atoms with E-state index in [9.17, 15) is 0 Å². The summed E-state index contributed by atoms with van der Waals surface area (Å²) in [6, 6.07) is 20.9. The second kappa shape index (κ2) is 10.1. The van der Waals surface area contributed by atoms with E-state index in [-0.39, 0.29) is 16.5 Å². The fraction of sp³-hybridized carbons (Fsp3) is 0.250. The van der Waals surface area contributed by atoms with E-state index in [1.165, 1.54) is 11.1 Å². The summed E-state index contributed by atoms with van der Waals surface area (Å²) in [5.41, 5.74) is 2.82. The Hall–Kier alpha value is -1.07. The van der Waals surface area contributed by atoms with E-state index in [1.54, 1.807) is 0 Å². The molecule has 0 radical (unpaired) electrons. The van der Waals surface area contributed by atoms with E-state index >= 15 is 0 Å². The van der Waals surface area contributed by atoms with Crippen LogP contribution in [0.3, 0.4) is 0 Å². The summed E-state index contributed by atoms with van der Waals surface area (Å²) in [5, 5.41) is 0. The number of benzene rings is 2. The van der Waals surface area contributed by atoms with Gasteiger partial charge in [0.2, 0.25) is 0 Å². The predicted molar refractivity (Wildman–Crippen MR) is 71.6 cm³/mol. The molecular formula is C16H20Ni. The van der Waals surface area contributed by atoms with Gasteiger partial charge >= 0.3 is 0 Å². The summed E-state index contributed by atoms with van der Waals surface area (Å²) in [4.78, 5) is 0. The summed E-state index contributed by atoms with van der Waals surface area (Å²) in [6.07, 6.45) is 2.28. The summed E-state index contributed by atoms with van der Waals surface area (Å²) in [6.45, 7) is 4.32. The second-order valence-electron chi connectivity index (χ2n) is 3.68. The number of hydrogen-bond acceptors (Lipinski definition) is 0. The van der Waals surface area contributed by atoms with Crippen LogP contribution in [0.15, 0.2) is 60.7 Å². The third-order valence-corrected chi connectivity index (χ3v) is 2.50. The van der Waals surface area contributed by atoms with Crippen LogP contribution in [-0.2, 0) is 29.3 Å². The Morgan fingerprint density at radius 3 is 1.06 bits per heavy atom. The standard InChI is InChI=1S/2C8H10.Ni/c2*1-2-8-6-4-3-5-7-8;/h2*3-7H,2H2,1H3;. The first-order valence-corrected chi connectivity index (χ1v) is 5.94. The van der Waals surface area contributed by atoms with E-state index in [0.717, 1.165) is 12.8 Å². The van der Waals surface area contributed by atoms with Gasteiger partial charge in [0.15, 0.2) is 0 Å². The van der Waals surface area contributed by atoms with E-state index in [4.69, 9.17) is 0 Å². The Kier molecular flexibility index (Phi) is 9.48. The molecule has 0 bridgehead atoms. The molecule has 2 aromatic rings. The first kappa shape index (κ1) is 15.9. The number of hydrogen-bond donors (Lipinski definition) is 0. The van der Waals surface area contributed by atoms with Gasteiger partial charge in [-0.2, -0.15) is 0 Å². The molecule has 0 amide bonds. The van der Waals surface area contributed by atoms with Gasteiger partial charge in [-0.25, -0.2) is 0 Å². The van der Waals surface area contributed by atoms with Crippen molar-refractivity contribution >= 4 is 0 Å². The van der Waals surface area contributed by atoms with Crippen LogP contribution in [0.2, 0.25) is 0 Å². The van der Waals surface area contributed by atoms with E-state index in [1.807, 2.05) is 12.1 Å². The van der Waals surface area contributed by atoms with Gasteiger partial charge in [0.1, 0.15) is 0 Å². The maximum Gasteiger partial charge on any atom is 0 e. The van der Waals surface area contributed by atoms with Gasteiger partial charge in [-0.1, -0.05) is 74.5 Å². The zero-order valence-corrected chi connectivity index (χ0v) is 11.5. The van der Waals surface area contributed by atoms with Crippen LogP contribution in [0.25, 0.3) is 0 Å². The van der Waals surface area contributed by atoms with Crippen LogP contribution in [0.1, 0.15) is 25.0 Å². The van der Waals surface area contributed by atoms with Crippen LogP contribution < -0.4 is 0 Å². The van der Waals surface area contributed by atoms with Gasteiger partial charge in [0.25, 0.3) is 0 Å². The van der Waals surface area contributed by atoms with Gasteiger partial charge in [0.05, 0.1) is 0 Å². The molecule has 0 heterocycles. The Morgan fingerprint density at radius 2 is 0.882 bits per heavy atom. The molecule has 0 unspecified atom stereocenters. The molecule has 0 fully saturated rings. The van der Waals surface area contributed by atoms with Crippen molar-refractivity contribution < 1.29 is 16.5 Å². The molecule has 0 aliphatic heterocycles. The van der Waals surface area contributed by atoms with Gasteiger partial charge in [-0.05, 0) is 24.0 Å². The first-order chi connectivity index (χ1) is 7.86.